The maximum Gasteiger partial charge on any atom is 0.487 e. The molecule has 4 rings (SSSR count). The lowest BCUT2D eigenvalue weighted by Crippen LogP contribution is -2.41. The van der Waals surface area contributed by atoms with Crippen LogP contribution in [-0.2, 0) is 9.31 Å². The average Bonchev–Trinajstić information content (AvgIpc) is 2.92. The molecule has 0 aromatic heterocycles. The molecule has 0 aliphatic carbocycles. The number of hydrogen-bond donors (Lipinski definition) is 0. The fourth-order valence-corrected chi connectivity index (χ4v) is 4.97. The van der Waals surface area contributed by atoms with E-state index in [1.807, 2.05) is 17.7 Å². The third-order valence-corrected chi connectivity index (χ3v) is 7.48. The first-order chi connectivity index (χ1) is 14.7. The van der Waals surface area contributed by atoms with E-state index in [2.05, 4.69) is 100 Å². The van der Waals surface area contributed by atoms with E-state index in [0.29, 0.717) is 0 Å². The van der Waals surface area contributed by atoms with E-state index in [0.717, 1.165) is 25.1 Å². The van der Waals surface area contributed by atoms with Gasteiger partial charge in [-0.15, -0.1) is 0 Å². The highest BCUT2D eigenvalue weighted by atomic mass is 32.2. The van der Waals surface area contributed by atoms with Crippen molar-refractivity contribution in [1.82, 2.24) is 4.90 Å². The Bertz CT molecular complexity index is 958. The van der Waals surface area contributed by atoms with E-state index in [9.17, 15) is 0 Å². The van der Waals surface area contributed by atoms with Gasteiger partial charge >= 0.3 is 7.12 Å². The van der Waals surface area contributed by atoms with Crippen LogP contribution in [-0.4, -0.2) is 50.4 Å². The summed E-state index contributed by atoms with van der Waals surface area (Å²) in [5.41, 5.74) is 3.10. The Balaban J connectivity index is 1.58. The molecule has 0 radical (unpaired) electrons. The summed E-state index contributed by atoms with van der Waals surface area (Å²) >= 11 is 1.85. The van der Waals surface area contributed by atoms with Gasteiger partial charge in [-0.05, 0) is 84.6 Å². The standard InChI is InChI=1S/C25H33BN2O2S/c1-24(2)25(3,4)30-26(29-24)15-14-19-12-13-23-21(18-19)28(17-9-16-27(5)6)20-10-7-8-11-22(20)31-23/h7-8,10-15,18H,9,16-17H2,1-6H3/b15-14+. The van der Waals surface area contributed by atoms with Gasteiger partial charge in [-0.2, -0.15) is 0 Å². The van der Waals surface area contributed by atoms with Gasteiger partial charge in [0.05, 0.1) is 22.6 Å². The summed E-state index contributed by atoms with van der Waals surface area (Å²) in [7, 11) is 3.94. The smallest absolute Gasteiger partial charge is 0.400 e. The molecule has 0 amide bonds. The molecule has 2 aliphatic heterocycles. The predicted octanol–water partition coefficient (Wildman–Crippen LogP) is 5.89. The van der Waals surface area contributed by atoms with Crippen LogP contribution in [0.3, 0.4) is 0 Å². The molecular weight excluding hydrogens is 403 g/mol. The Morgan fingerprint density at radius 1 is 0.968 bits per heavy atom. The van der Waals surface area contributed by atoms with Crippen molar-refractivity contribution in [3.8, 4) is 0 Å². The lowest BCUT2D eigenvalue weighted by molar-refractivity contribution is 0.00578. The lowest BCUT2D eigenvalue weighted by atomic mass is 9.89. The van der Waals surface area contributed by atoms with E-state index < -0.39 is 0 Å². The third-order valence-electron chi connectivity index (χ3n) is 6.35. The second kappa shape index (κ2) is 8.66. The monoisotopic (exact) mass is 436 g/mol. The highest BCUT2D eigenvalue weighted by Crippen LogP contribution is 2.48. The zero-order valence-electron chi connectivity index (χ0n) is 19.5. The van der Waals surface area contributed by atoms with Gasteiger partial charge in [-0.25, -0.2) is 0 Å². The summed E-state index contributed by atoms with van der Waals surface area (Å²) < 4.78 is 12.2. The molecule has 1 saturated heterocycles. The fourth-order valence-electron chi connectivity index (χ4n) is 3.89. The summed E-state index contributed by atoms with van der Waals surface area (Å²) in [4.78, 5) is 7.34. The molecule has 0 saturated carbocycles. The van der Waals surface area contributed by atoms with Crippen LogP contribution in [0.4, 0.5) is 11.4 Å². The summed E-state index contributed by atoms with van der Waals surface area (Å²) in [6, 6.07) is 15.4. The number of hydrogen-bond acceptors (Lipinski definition) is 5. The average molecular weight is 436 g/mol. The molecule has 0 N–H and O–H groups in total. The van der Waals surface area contributed by atoms with Gasteiger partial charge in [0.2, 0.25) is 0 Å². The summed E-state index contributed by atoms with van der Waals surface area (Å²) in [6.45, 7) is 10.4. The summed E-state index contributed by atoms with van der Waals surface area (Å²) in [5, 5.41) is 0. The molecule has 164 valence electrons. The minimum absolute atomic E-state index is 0.318. The summed E-state index contributed by atoms with van der Waals surface area (Å²) in [5.74, 6) is 2.03. The number of nitrogens with zero attached hydrogens (tertiary/aromatic N) is 2. The Morgan fingerprint density at radius 2 is 1.65 bits per heavy atom. The van der Waals surface area contributed by atoms with E-state index in [1.165, 1.54) is 21.2 Å². The Hall–Kier alpha value is -1.73. The normalized spacial score (nSPS) is 19.2. The lowest BCUT2D eigenvalue weighted by Gasteiger charge is -2.33. The second-order valence-electron chi connectivity index (χ2n) is 9.59. The molecular formula is C25H33BN2O2S. The van der Waals surface area contributed by atoms with Crippen LogP contribution in [0.1, 0.15) is 39.7 Å². The highest BCUT2D eigenvalue weighted by Gasteiger charge is 2.50. The van der Waals surface area contributed by atoms with Gasteiger partial charge in [0, 0.05) is 16.3 Å². The molecule has 2 aromatic carbocycles. The first-order valence-corrected chi connectivity index (χ1v) is 11.8. The van der Waals surface area contributed by atoms with Crippen molar-refractivity contribution in [2.24, 2.45) is 0 Å². The molecule has 31 heavy (non-hydrogen) atoms. The number of fused-ring (bicyclic) bond motifs is 2. The minimum atomic E-state index is -0.327. The van der Waals surface area contributed by atoms with E-state index in [-0.39, 0.29) is 18.3 Å². The zero-order valence-corrected chi connectivity index (χ0v) is 20.3. The molecule has 4 nitrogen and oxygen atoms in total. The molecule has 0 bridgehead atoms. The predicted molar refractivity (Wildman–Crippen MR) is 132 cm³/mol. The van der Waals surface area contributed by atoms with Crippen LogP contribution in [0.2, 0.25) is 0 Å². The number of para-hydroxylation sites is 1. The molecule has 0 atom stereocenters. The van der Waals surface area contributed by atoms with Gasteiger partial charge < -0.3 is 19.1 Å². The quantitative estimate of drug-likeness (QED) is 0.526. The topological polar surface area (TPSA) is 24.9 Å². The van der Waals surface area contributed by atoms with Crippen molar-refractivity contribution >= 4 is 36.3 Å². The van der Waals surface area contributed by atoms with Gasteiger partial charge in [0.25, 0.3) is 0 Å². The largest absolute Gasteiger partial charge is 0.487 e. The molecule has 0 spiro atoms. The van der Waals surface area contributed by atoms with Gasteiger partial charge in [0.15, 0.2) is 0 Å². The first-order valence-electron chi connectivity index (χ1n) is 11.0. The molecule has 0 unspecified atom stereocenters. The van der Waals surface area contributed by atoms with Crippen LogP contribution in [0.25, 0.3) is 6.08 Å². The molecule has 2 aromatic rings. The van der Waals surface area contributed by atoms with Gasteiger partial charge in [-0.1, -0.05) is 42.0 Å². The Labute approximate surface area is 191 Å². The maximum absolute atomic E-state index is 6.11. The van der Waals surface area contributed by atoms with E-state index in [1.54, 1.807) is 0 Å². The van der Waals surface area contributed by atoms with Crippen LogP contribution in [0.15, 0.2) is 58.2 Å². The van der Waals surface area contributed by atoms with Crippen molar-refractivity contribution in [3.05, 3.63) is 54.0 Å². The molecule has 1 fully saturated rings. The van der Waals surface area contributed by atoms with Crippen LogP contribution < -0.4 is 4.90 Å². The highest BCUT2D eigenvalue weighted by molar-refractivity contribution is 7.99. The first kappa shape index (κ1) is 22.5. The number of rotatable bonds is 6. The third kappa shape index (κ3) is 4.72. The van der Waals surface area contributed by atoms with Crippen molar-refractivity contribution < 1.29 is 9.31 Å². The summed E-state index contributed by atoms with van der Waals surface area (Å²) in [6.07, 6.45) is 3.23. The van der Waals surface area contributed by atoms with Gasteiger partial charge in [0.1, 0.15) is 0 Å². The Morgan fingerprint density at radius 3 is 2.35 bits per heavy atom. The van der Waals surface area contributed by atoms with E-state index in [4.69, 9.17) is 9.31 Å². The SMILES string of the molecule is CN(C)CCCN1c2ccccc2Sc2ccc(/C=C/B3OC(C)(C)C(C)(C)O3)cc21. The number of benzene rings is 2. The number of anilines is 2. The van der Waals surface area contributed by atoms with Gasteiger partial charge in [-0.3, -0.25) is 0 Å². The van der Waals surface area contributed by atoms with Crippen LogP contribution in [0, 0.1) is 0 Å². The van der Waals surface area contributed by atoms with Crippen LogP contribution in [0.5, 0.6) is 0 Å². The zero-order chi connectivity index (χ0) is 22.2. The van der Waals surface area contributed by atoms with Crippen molar-refractivity contribution in [1.29, 1.82) is 0 Å². The van der Waals surface area contributed by atoms with Crippen LogP contribution >= 0.6 is 11.8 Å². The van der Waals surface area contributed by atoms with Crippen molar-refractivity contribution in [2.75, 3.05) is 32.1 Å². The van der Waals surface area contributed by atoms with Crippen molar-refractivity contribution in [2.45, 2.75) is 55.1 Å². The Kier molecular flexibility index (Phi) is 6.28. The van der Waals surface area contributed by atoms with E-state index >= 15 is 0 Å². The fraction of sp³-hybridized carbons (Fsp3) is 0.440. The molecule has 2 heterocycles. The maximum atomic E-state index is 6.11. The van der Waals surface area contributed by atoms with Crippen molar-refractivity contribution in [3.63, 3.8) is 0 Å². The minimum Gasteiger partial charge on any atom is -0.400 e. The molecule has 6 heteroatoms. The second-order valence-corrected chi connectivity index (χ2v) is 10.7. The molecule has 2 aliphatic rings.